The van der Waals surface area contributed by atoms with Gasteiger partial charge in [0.15, 0.2) is 0 Å². The van der Waals surface area contributed by atoms with E-state index in [1.54, 1.807) is 5.51 Å². The van der Waals surface area contributed by atoms with Crippen LogP contribution in [-0.2, 0) is 14.4 Å². The molecule has 1 aromatic heterocycles. The molecule has 3 rings (SSSR count). The maximum atomic E-state index is 13.4. The summed E-state index contributed by atoms with van der Waals surface area (Å²) in [7, 11) is 0. The van der Waals surface area contributed by atoms with E-state index < -0.39 is 41.4 Å². The zero-order chi connectivity index (χ0) is 28.6. The molecule has 1 saturated heterocycles. The van der Waals surface area contributed by atoms with Crippen molar-refractivity contribution in [1.29, 1.82) is 0 Å². The number of nitroso groups, excluding NO2 is 1. The van der Waals surface area contributed by atoms with Crippen LogP contribution in [0.1, 0.15) is 65.3 Å². The van der Waals surface area contributed by atoms with Crippen molar-refractivity contribution in [2.45, 2.75) is 79.1 Å². The van der Waals surface area contributed by atoms with Crippen LogP contribution >= 0.6 is 11.3 Å². The highest BCUT2D eigenvalue weighted by molar-refractivity contribution is 7.13. The van der Waals surface area contributed by atoms with E-state index in [2.05, 4.69) is 20.8 Å². The van der Waals surface area contributed by atoms with E-state index in [1.165, 1.54) is 23.2 Å². The molecule has 208 valence electrons. The standard InChI is InChI=1S/C25H33N5O5S.C2H6/c1-14-21(36-13-26-14)17-8-6-16(7-9-17)19(12-31)28-23(33)20-10-18(29-35)11-30(20)24(34)22(25(3,4)5)27-15(2)32;1-2/h6-9,13,18-20,22,31H,10-12H2,1-5H3,(H,27,32)(H,28,33);1-2H3. The second-order valence-electron chi connectivity index (χ2n) is 10.1. The number of benzene rings is 1. The lowest BCUT2D eigenvalue weighted by molar-refractivity contribution is -0.143. The van der Waals surface area contributed by atoms with E-state index in [-0.39, 0.29) is 25.5 Å². The molecule has 0 radical (unpaired) electrons. The lowest BCUT2D eigenvalue weighted by atomic mass is 9.85. The van der Waals surface area contributed by atoms with Crippen molar-refractivity contribution in [3.05, 3.63) is 45.9 Å². The van der Waals surface area contributed by atoms with Gasteiger partial charge in [-0.3, -0.25) is 14.4 Å². The van der Waals surface area contributed by atoms with Crippen molar-refractivity contribution < 1.29 is 19.5 Å². The number of aliphatic hydroxyl groups excluding tert-OH is 1. The van der Waals surface area contributed by atoms with Crippen molar-refractivity contribution in [2.75, 3.05) is 13.2 Å². The number of thiazole rings is 1. The summed E-state index contributed by atoms with van der Waals surface area (Å²) in [5, 5.41) is 18.6. The predicted molar refractivity (Wildman–Crippen MR) is 148 cm³/mol. The summed E-state index contributed by atoms with van der Waals surface area (Å²) in [4.78, 5) is 56.4. The molecular formula is C27H39N5O5S. The fourth-order valence-corrected chi connectivity index (χ4v) is 5.16. The Hall–Kier alpha value is -3.18. The molecule has 1 aliphatic heterocycles. The highest BCUT2D eigenvalue weighted by Gasteiger charge is 2.45. The van der Waals surface area contributed by atoms with Crippen LogP contribution in [-0.4, -0.2) is 64.0 Å². The third-order valence-electron chi connectivity index (χ3n) is 6.29. The van der Waals surface area contributed by atoms with E-state index in [1.807, 2.05) is 65.8 Å². The van der Waals surface area contributed by atoms with Gasteiger partial charge in [0.2, 0.25) is 17.7 Å². The van der Waals surface area contributed by atoms with Crippen LogP contribution in [0.4, 0.5) is 0 Å². The summed E-state index contributed by atoms with van der Waals surface area (Å²) < 4.78 is 0. The third-order valence-corrected chi connectivity index (χ3v) is 7.27. The minimum Gasteiger partial charge on any atom is -0.394 e. The van der Waals surface area contributed by atoms with Gasteiger partial charge < -0.3 is 20.6 Å². The number of amides is 3. The van der Waals surface area contributed by atoms with E-state index >= 15 is 0 Å². The first-order valence-electron chi connectivity index (χ1n) is 12.8. The smallest absolute Gasteiger partial charge is 0.246 e. The number of likely N-dealkylation sites (tertiary alicyclic amines) is 1. The number of carbonyl (C=O) groups is 3. The van der Waals surface area contributed by atoms with E-state index in [9.17, 15) is 24.4 Å². The van der Waals surface area contributed by atoms with Gasteiger partial charge >= 0.3 is 0 Å². The number of nitrogens with zero attached hydrogens (tertiary/aromatic N) is 3. The minimum atomic E-state index is -0.952. The molecule has 38 heavy (non-hydrogen) atoms. The van der Waals surface area contributed by atoms with Crippen LogP contribution < -0.4 is 10.6 Å². The fourth-order valence-electron chi connectivity index (χ4n) is 4.35. The van der Waals surface area contributed by atoms with E-state index in [0.29, 0.717) is 5.56 Å². The molecule has 3 amide bonds. The lowest BCUT2D eigenvalue weighted by Gasteiger charge is -2.35. The summed E-state index contributed by atoms with van der Waals surface area (Å²) in [6.45, 7) is 12.3. The fraction of sp³-hybridized carbons (Fsp3) is 0.556. The first-order chi connectivity index (χ1) is 18.0. The van der Waals surface area contributed by atoms with Gasteiger partial charge in [-0.25, -0.2) is 4.98 Å². The molecule has 2 aromatic rings. The first kappa shape index (κ1) is 31.0. The average Bonchev–Trinajstić information content (AvgIpc) is 3.52. The van der Waals surface area contributed by atoms with Crippen LogP contribution in [0.3, 0.4) is 0 Å². The molecule has 0 bridgehead atoms. The zero-order valence-corrected chi connectivity index (χ0v) is 24.0. The number of carbonyl (C=O) groups excluding carboxylic acids is 3. The zero-order valence-electron chi connectivity index (χ0n) is 23.1. The molecule has 11 heteroatoms. The van der Waals surface area contributed by atoms with Gasteiger partial charge in [-0.05, 0) is 23.5 Å². The second-order valence-corrected chi connectivity index (χ2v) is 11.0. The van der Waals surface area contributed by atoms with Gasteiger partial charge in [0, 0.05) is 19.9 Å². The lowest BCUT2D eigenvalue weighted by Crippen LogP contribution is -2.57. The summed E-state index contributed by atoms with van der Waals surface area (Å²) in [5.41, 5.74) is 3.77. The predicted octanol–water partition coefficient (Wildman–Crippen LogP) is 3.58. The Morgan fingerprint density at radius 3 is 2.29 bits per heavy atom. The van der Waals surface area contributed by atoms with Crippen LogP contribution in [0.5, 0.6) is 0 Å². The van der Waals surface area contributed by atoms with E-state index in [4.69, 9.17) is 0 Å². The van der Waals surface area contributed by atoms with Crippen LogP contribution in [0.2, 0.25) is 0 Å². The number of hydrogen-bond donors (Lipinski definition) is 3. The Labute approximate surface area is 228 Å². The van der Waals surface area contributed by atoms with Crippen molar-refractivity contribution in [2.24, 2.45) is 10.6 Å². The summed E-state index contributed by atoms with van der Waals surface area (Å²) in [6.07, 6.45) is 0.0692. The van der Waals surface area contributed by atoms with Crippen LogP contribution in [0, 0.1) is 17.2 Å². The van der Waals surface area contributed by atoms with Gasteiger partial charge in [0.1, 0.15) is 18.1 Å². The Bertz CT molecular complexity index is 1110. The molecule has 10 nitrogen and oxygen atoms in total. The minimum absolute atomic E-state index is 0.0146. The number of nitrogens with one attached hydrogen (secondary N) is 2. The molecule has 0 saturated carbocycles. The second kappa shape index (κ2) is 13.6. The largest absolute Gasteiger partial charge is 0.394 e. The molecule has 2 heterocycles. The number of aromatic nitrogens is 1. The van der Waals surface area contributed by atoms with Crippen LogP contribution in [0.15, 0.2) is 35.0 Å². The number of hydrogen-bond acceptors (Lipinski definition) is 8. The number of aryl methyl sites for hydroxylation is 1. The summed E-state index contributed by atoms with van der Waals surface area (Å²) in [6, 6.07) is 4.19. The molecule has 4 atom stereocenters. The van der Waals surface area contributed by atoms with Crippen molar-refractivity contribution in [3.63, 3.8) is 0 Å². The normalized spacial score (nSPS) is 18.6. The third kappa shape index (κ3) is 7.44. The molecule has 4 unspecified atom stereocenters. The monoisotopic (exact) mass is 545 g/mol. The maximum Gasteiger partial charge on any atom is 0.246 e. The Morgan fingerprint density at radius 2 is 1.82 bits per heavy atom. The maximum absolute atomic E-state index is 13.4. The van der Waals surface area contributed by atoms with Gasteiger partial charge in [-0.2, -0.15) is 4.91 Å². The molecule has 3 N–H and O–H groups in total. The van der Waals surface area contributed by atoms with Crippen molar-refractivity contribution in [3.8, 4) is 10.4 Å². The molecular weight excluding hydrogens is 506 g/mol. The molecule has 0 aliphatic carbocycles. The van der Waals surface area contributed by atoms with Crippen molar-refractivity contribution >= 4 is 29.1 Å². The van der Waals surface area contributed by atoms with Gasteiger partial charge in [-0.1, -0.05) is 64.1 Å². The van der Waals surface area contributed by atoms with Crippen LogP contribution in [0.25, 0.3) is 10.4 Å². The highest BCUT2D eigenvalue weighted by Crippen LogP contribution is 2.30. The Kier molecular flexibility index (Phi) is 11.1. The highest BCUT2D eigenvalue weighted by atomic mass is 32.1. The Morgan fingerprint density at radius 1 is 1.18 bits per heavy atom. The van der Waals surface area contributed by atoms with E-state index in [0.717, 1.165) is 16.1 Å². The first-order valence-corrected chi connectivity index (χ1v) is 13.7. The molecule has 1 fully saturated rings. The molecule has 1 aliphatic rings. The number of rotatable bonds is 8. The molecule has 0 spiro atoms. The number of aliphatic hydroxyl groups is 1. The summed E-state index contributed by atoms with van der Waals surface area (Å²) >= 11 is 1.53. The SMILES string of the molecule is CC.CC(=O)NC(C(=O)N1CC(N=O)CC1C(=O)NC(CO)c1ccc(-c2scnc2C)cc1)C(C)(C)C. The van der Waals surface area contributed by atoms with Gasteiger partial charge in [-0.15, -0.1) is 11.3 Å². The topological polar surface area (TPSA) is 141 Å². The quantitative estimate of drug-likeness (QED) is 0.433. The Balaban J connectivity index is 0.00000247. The van der Waals surface area contributed by atoms with Crippen molar-refractivity contribution in [1.82, 2.24) is 20.5 Å². The average molecular weight is 546 g/mol. The van der Waals surface area contributed by atoms with Gasteiger partial charge in [0.05, 0.1) is 28.7 Å². The van der Waals surface area contributed by atoms with Gasteiger partial charge in [0.25, 0.3) is 0 Å². The summed E-state index contributed by atoms with van der Waals surface area (Å²) in [5.74, 6) is -1.31. The molecule has 1 aromatic carbocycles.